The van der Waals surface area contributed by atoms with Gasteiger partial charge in [0.1, 0.15) is 11.6 Å². The van der Waals surface area contributed by atoms with Gasteiger partial charge in [-0.2, -0.15) is 0 Å². The van der Waals surface area contributed by atoms with Gasteiger partial charge in [0.15, 0.2) is 0 Å². The van der Waals surface area contributed by atoms with Crippen molar-refractivity contribution in [1.29, 1.82) is 0 Å². The summed E-state index contributed by atoms with van der Waals surface area (Å²) in [5.41, 5.74) is 2.17. The molecule has 1 amide bonds. The molecule has 1 aliphatic heterocycles. The van der Waals surface area contributed by atoms with Crippen molar-refractivity contribution in [1.82, 2.24) is 19.8 Å². The van der Waals surface area contributed by atoms with E-state index in [1.807, 2.05) is 18.3 Å². The number of aromatic nitrogens is 2. The lowest BCUT2D eigenvalue weighted by Gasteiger charge is -2.28. The Morgan fingerprint density at radius 3 is 2.79 bits per heavy atom. The van der Waals surface area contributed by atoms with Gasteiger partial charge in [0.2, 0.25) is 5.91 Å². The minimum Gasteiger partial charge on any atom is -0.350 e. The van der Waals surface area contributed by atoms with Gasteiger partial charge < -0.3 is 9.88 Å². The molecule has 0 atom stereocenters. The van der Waals surface area contributed by atoms with Crippen LogP contribution in [0.15, 0.2) is 30.5 Å². The lowest BCUT2D eigenvalue weighted by molar-refractivity contribution is -0.122. The topological polar surface area (TPSA) is 50.2 Å². The molecule has 2 heterocycles. The second-order valence-corrected chi connectivity index (χ2v) is 6.65. The predicted octanol–water partition coefficient (Wildman–Crippen LogP) is 2.06. The van der Waals surface area contributed by atoms with Gasteiger partial charge in [0.05, 0.1) is 25.0 Å². The first kappa shape index (κ1) is 15.3. The van der Waals surface area contributed by atoms with E-state index >= 15 is 0 Å². The zero-order valence-corrected chi connectivity index (χ0v) is 13.5. The molecule has 4 rings (SSSR count). The summed E-state index contributed by atoms with van der Waals surface area (Å²) in [6, 6.07) is 6.66. The molecule has 0 unspecified atom stereocenters. The molecule has 5 nitrogen and oxygen atoms in total. The van der Waals surface area contributed by atoms with Crippen molar-refractivity contribution in [2.75, 3.05) is 6.54 Å². The minimum absolute atomic E-state index is 0.166. The molecular formula is C18H21FN4O. The van der Waals surface area contributed by atoms with E-state index in [1.165, 1.54) is 12.1 Å². The van der Waals surface area contributed by atoms with Crippen molar-refractivity contribution < 1.29 is 9.18 Å². The minimum atomic E-state index is -0.203. The molecule has 1 saturated carbocycles. The molecule has 2 aliphatic rings. The Labute approximate surface area is 140 Å². The fraction of sp³-hybridized carbons (Fsp3) is 0.444. The summed E-state index contributed by atoms with van der Waals surface area (Å²) in [6.45, 7) is 3.91. The Balaban J connectivity index is 1.37. The second kappa shape index (κ2) is 6.36. The average Bonchev–Trinajstić information content (AvgIpc) is 3.36. The lowest BCUT2D eigenvalue weighted by Crippen LogP contribution is -2.35. The summed E-state index contributed by atoms with van der Waals surface area (Å²) in [5.74, 6) is 1.23. The van der Waals surface area contributed by atoms with Crippen LogP contribution in [-0.2, 0) is 31.0 Å². The molecule has 126 valence electrons. The number of carbonyl (C=O) groups excluding carboxylic acids is 1. The number of hydrogen-bond donors (Lipinski definition) is 1. The molecule has 0 saturated heterocycles. The normalized spacial score (nSPS) is 17.5. The molecule has 2 aromatic rings. The van der Waals surface area contributed by atoms with E-state index < -0.39 is 0 Å². The Bertz CT molecular complexity index is 736. The van der Waals surface area contributed by atoms with Crippen molar-refractivity contribution >= 4 is 5.91 Å². The fourth-order valence-electron chi connectivity index (χ4n) is 3.17. The maximum atomic E-state index is 13.0. The van der Waals surface area contributed by atoms with Gasteiger partial charge in [-0.25, -0.2) is 9.37 Å². The van der Waals surface area contributed by atoms with Gasteiger partial charge >= 0.3 is 0 Å². The van der Waals surface area contributed by atoms with Gasteiger partial charge in [0, 0.05) is 25.6 Å². The average molecular weight is 328 g/mol. The first-order valence-corrected chi connectivity index (χ1v) is 8.47. The Kier molecular flexibility index (Phi) is 4.06. The van der Waals surface area contributed by atoms with E-state index in [9.17, 15) is 9.18 Å². The van der Waals surface area contributed by atoms with Crippen LogP contribution < -0.4 is 5.32 Å². The van der Waals surface area contributed by atoms with Gasteiger partial charge in [0.25, 0.3) is 0 Å². The van der Waals surface area contributed by atoms with Crippen LogP contribution in [0.3, 0.4) is 0 Å². The van der Waals surface area contributed by atoms with Crippen LogP contribution in [0.5, 0.6) is 0 Å². The van der Waals surface area contributed by atoms with Crippen LogP contribution in [-0.4, -0.2) is 26.9 Å². The van der Waals surface area contributed by atoms with Crippen LogP contribution in [0.4, 0.5) is 4.39 Å². The lowest BCUT2D eigenvalue weighted by atomic mass is 10.2. The molecule has 24 heavy (non-hydrogen) atoms. The third-order valence-corrected chi connectivity index (χ3v) is 4.74. The number of benzene rings is 1. The molecule has 1 aromatic heterocycles. The summed E-state index contributed by atoms with van der Waals surface area (Å²) in [6.07, 6.45) is 3.91. The van der Waals surface area contributed by atoms with E-state index in [4.69, 9.17) is 0 Å². The van der Waals surface area contributed by atoms with E-state index in [0.29, 0.717) is 6.54 Å². The van der Waals surface area contributed by atoms with Crippen LogP contribution in [0.2, 0.25) is 0 Å². The molecular weight excluding hydrogens is 307 g/mol. The smallest absolute Gasteiger partial charge is 0.223 e. The molecule has 1 aromatic carbocycles. The number of carbonyl (C=O) groups is 1. The van der Waals surface area contributed by atoms with E-state index in [0.717, 1.165) is 56.1 Å². The van der Waals surface area contributed by atoms with E-state index in [1.54, 1.807) is 0 Å². The van der Waals surface area contributed by atoms with Gasteiger partial charge in [-0.3, -0.25) is 9.69 Å². The molecule has 1 N–H and O–H groups in total. The highest BCUT2D eigenvalue weighted by molar-refractivity contribution is 5.80. The van der Waals surface area contributed by atoms with Crippen LogP contribution in [0, 0.1) is 11.7 Å². The molecule has 0 spiro atoms. The molecule has 1 aliphatic carbocycles. The van der Waals surface area contributed by atoms with E-state index in [-0.39, 0.29) is 17.6 Å². The quantitative estimate of drug-likeness (QED) is 0.914. The summed E-state index contributed by atoms with van der Waals surface area (Å²) >= 11 is 0. The number of nitrogens with zero attached hydrogens (tertiary/aromatic N) is 3. The first-order chi connectivity index (χ1) is 11.7. The Morgan fingerprint density at radius 1 is 1.25 bits per heavy atom. The van der Waals surface area contributed by atoms with Crippen molar-refractivity contribution in [2.24, 2.45) is 5.92 Å². The summed E-state index contributed by atoms with van der Waals surface area (Å²) in [5, 5.41) is 3.00. The zero-order valence-electron chi connectivity index (χ0n) is 13.5. The van der Waals surface area contributed by atoms with Crippen molar-refractivity contribution in [3.05, 3.63) is 53.4 Å². The number of nitrogens with one attached hydrogen (secondary N) is 1. The van der Waals surface area contributed by atoms with E-state index in [2.05, 4.69) is 19.8 Å². The highest BCUT2D eigenvalue weighted by Gasteiger charge is 2.29. The molecule has 0 bridgehead atoms. The zero-order chi connectivity index (χ0) is 16.5. The highest BCUT2D eigenvalue weighted by Crippen LogP contribution is 2.28. The van der Waals surface area contributed by atoms with Crippen molar-refractivity contribution in [3.8, 4) is 0 Å². The third kappa shape index (κ3) is 3.33. The number of imidazole rings is 1. The Morgan fingerprint density at radius 2 is 2.04 bits per heavy atom. The van der Waals surface area contributed by atoms with Gasteiger partial charge in [-0.05, 0) is 30.5 Å². The first-order valence-electron chi connectivity index (χ1n) is 8.47. The second-order valence-electron chi connectivity index (χ2n) is 6.65. The van der Waals surface area contributed by atoms with Gasteiger partial charge in [-0.15, -0.1) is 0 Å². The number of rotatable bonds is 5. The largest absolute Gasteiger partial charge is 0.350 e. The summed E-state index contributed by atoms with van der Waals surface area (Å²) < 4.78 is 15.2. The van der Waals surface area contributed by atoms with Crippen LogP contribution in [0.1, 0.15) is 29.9 Å². The van der Waals surface area contributed by atoms with Gasteiger partial charge in [-0.1, -0.05) is 12.1 Å². The molecule has 0 radical (unpaired) electrons. The molecule has 6 heteroatoms. The SMILES string of the molecule is O=C(NCc1cnc2n1CCN(Cc1ccc(F)cc1)C2)C1CC1. The Hall–Kier alpha value is -2.21. The van der Waals surface area contributed by atoms with Crippen molar-refractivity contribution in [2.45, 2.75) is 39.0 Å². The number of hydrogen-bond acceptors (Lipinski definition) is 3. The third-order valence-electron chi connectivity index (χ3n) is 4.74. The van der Waals surface area contributed by atoms with Crippen LogP contribution >= 0.6 is 0 Å². The standard InChI is InChI=1S/C18H21FN4O/c19-15-5-1-13(2-6-15)11-22-7-8-23-16(9-20-17(23)12-22)10-21-18(24)14-3-4-14/h1-2,5-6,9,14H,3-4,7-8,10-12H2,(H,21,24). The summed E-state index contributed by atoms with van der Waals surface area (Å²) in [7, 11) is 0. The van der Waals surface area contributed by atoms with Crippen LogP contribution in [0.25, 0.3) is 0 Å². The number of fused-ring (bicyclic) bond motifs is 1. The maximum absolute atomic E-state index is 13.0. The van der Waals surface area contributed by atoms with Crippen molar-refractivity contribution in [3.63, 3.8) is 0 Å². The maximum Gasteiger partial charge on any atom is 0.223 e. The molecule has 1 fully saturated rings. The highest BCUT2D eigenvalue weighted by atomic mass is 19.1. The summed E-state index contributed by atoms with van der Waals surface area (Å²) in [4.78, 5) is 18.6. The predicted molar refractivity (Wildman–Crippen MR) is 87.3 cm³/mol. The number of amides is 1. The monoisotopic (exact) mass is 328 g/mol. The fourth-order valence-corrected chi connectivity index (χ4v) is 3.17. The number of halogens is 1.